The largest absolute Gasteiger partial charge is 0.377 e. The normalized spacial score (nSPS) is 10.1. The summed E-state index contributed by atoms with van der Waals surface area (Å²) in [5.41, 5.74) is 0.595. The number of Topliss-reactive ketones (excluding diaryl/α,β-unsaturated/α-hetero) is 1. The number of ether oxygens (including phenoxy) is 1. The SMILES string of the molecule is COCC(=O)c1ccc(Cl)c(Br)c1. The Morgan fingerprint density at radius 1 is 1.62 bits per heavy atom. The smallest absolute Gasteiger partial charge is 0.188 e. The quantitative estimate of drug-likeness (QED) is 0.784. The molecule has 0 bridgehead atoms. The van der Waals surface area contributed by atoms with E-state index >= 15 is 0 Å². The molecular weight excluding hydrogens is 255 g/mol. The average molecular weight is 264 g/mol. The third-order valence-electron chi connectivity index (χ3n) is 1.52. The predicted octanol–water partition coefficient (Wildman–Crippen LogP) is 2.93. The van der Waals surface area contributed by atoms with E-state index in [2.05, 4.69) is 15.9 Å². The molecule has 0 aliphatic rings. The Hall–Kier alpha value is -0.380. The second-order valence-electron chi connectivity index (χ2n) is 2.49. The molecule has 0 atom stereocenters. The van der Waals surface area contributed by atoms with Crippen LogP contribution in [0, 0.1) is 0 Å². The van der Waals surface area contributed by atoms with Gasteiger partial charge in [-0.25, -0.2) is 0 Å². The Bertz CT molecular complexity index is 325. The van der Waals surface area contributed by atoms with Crippen molar-refractivity contribution in [1.29, 1.82) is 0 Å². The van der Waals surface area contributed by atoms with Crippen molar-refractivity contribution >= 4 is 33.3 Å². The lowest BCUT2D eigenvalue weighted by Gasteiger charge is -2.01. The second-order valence-corrected chi connectivity index (χ2v) is 3.75. The maximum Gasteiger partial charge on any atom is 0.188 e. The summed E-state index contributed by atoms with van der Waals surface area (Å²) in [5, 5.41) is 0.592. The minimum Gasteiger partial charge on any atom is -0.377 e. The molecule has 0 spiro atoms. The molecular formula is C9H8BrClO2. The molecule has 0 heterocycles. The summed E-state index contributed by atoms with van der Waals surface area (Å²) in [5.74, 6) is -0.0557. The molecule has 1 aromatic rings. The molecule has 13 heavy (non-hydrogen) atoms. The molecule has 0 amide bonds. The van der Waals surface area contributed by atoms with Crippen LogP contribution in [-0.2, 0) is 4.74 Å². The minimum atomic E-state index is -0.0557. The van der Waals surface area contributed by atoms with E-state index in [1.165, 1.54) is 7.11 Å². The Kier molecular flexibility index (Phi) is 3.90. The lowest BCUT2D eigenvalue weighted by Crippen LogP contribution is -2.06. The molecule has 0 saturated heterocycles. The van der Waals surface area contributed by atoms with Gasteiger partial charge in [0.2, 0.25) is 0 Å². The van der Waals surface area contributed by atoms with Gasteiger partial charge in [-0.2, -0.15) is 0 Å². The van der Waals surface area contributed by atoms with Crippen molar-refractivity contribution in [2.75, 3.05) is 13.7 Å². The van der Waals surface area contributed by atoms with E-state index in [1.807, 2.05) is 0 Å². The molecule has 1 aromatic carbocycles. The maximum absolute atomic E-state index is 11.3. The standard InChI is InChI=1S/C9H8BrClO2/c1-13-5-9(12)6-2-3-8(11)7(10)4-6/h2-4H,5H2,1H3. The highest BCUT2D eigenvalue weighted by atomic mass is 79.9. The van der Waals surface area contributed by atoms with E-state index in [-0.39, 0.29) is 12.4 Å². The van der Waals surface area contributed by atoms with Crippen molar-refractivity contribution in [1.82, 2.24) is 0 Å². The van der Waals surface area contributed by atoms with Crippen molar-refractivity contribution in [2.45, 2.75) is 0 Å². The molecule has 2 nitrogen and oxygen atoms in total. The highest BCUT2D eigenvalue weighted by Crippen LogP contribution is 2.23. The summed E-state index contributed by atoms with van der Waals surface area (Å²) in [7, 11) is 1.49. The number of carbonyl (C=O) groups excluding carboxylic acids is 1. The number of rotatable bonds is 3. The zero-order chi connectivity index (χ0) is 9.84. The van der Waals surface area contributed by atoms with Crippen molar-refractivity contribution in [3.8, 4) is 0 Å². The van der Waals surface area contributed by atoms with Crippen LogP contribution < -0.4 is 0 Å². The zero-order valence-corrected chi connectivity index (χ0v) is 9.35. The van der Waals surface area contributed by atoms with Crippen LogP contribution in [0.1, 0.15) is 10.4 Å². The van der Waals surface area contributed by atoms with E-state index in [0.717, 1.165) is 4.47 Å². The molecule has 0 fully saturated rings. The lowest BCUT2D eigenvalue weighted by molar-refractivity contribution is 0.0848. The molecule has 0 aromatic heterocycles. The molecule has 0 saturated carbocycles. The first-order valence-corrected chi connectivity index (χ1v) is 4.79. The highest BCUT2D eigenvalue weighted by Gasteiger charge is 2.06. The number of hydrogen-bond acceptors (Lipinski definition) is 2. The molecule has 0 radical (unpaired) electrons. The van der Waals surface area contributed by atoms with Gasteiger partial charge >= 0.3 is 0 Å². The van der Waals surface area contributed by atoms with Gasteiger partial charge in [0.25, 0.3) is 0 Å². The molecule has 0 aliphatic carbocycles. The number of benzene rings is 1. The van der Waals surface area contributed by atoms with Crippen LogP contribution in [-0.4, -0.2) is 19.5 Å². The number of methoxy groups -OCH3 is 1. The molecule has 0 aliphatic heterocycles. The van der Waals surface area contributed by atoms with Gasteiger partial charge in [-0.15, -0.1) is 0 Å². The first kappa shape index (κ1) is 10.7. The first-order valence-electron chi connectivity index (χ1n) is 3.62. The van der Waals surface area contributed by atoms with Gasteiger partial charge in [-0.1, -0.05) is 11.6 Å². The highest BCUT2D eigenvalue weighted by molar-refractivity contribution is 9.10. The average Bonchev–Trinajstić information content (AvgIpc) is 2.10. The number of hydrogen-bond donors (Lipinski definition) is 0. The van der Waals surface area contributed by atoms with Crippen LogP contribution >= 0.6 is 27.5 Å². The van der Waals surface area contributed by atoms with Gasteiger partial charge in [-0.05, 0) is 34.1 Å². The summed E-state index contributed by atoms with van der Waals surface area (Å²) < 4.78 is 5.45. The fourth-order valence-corrected chi connectivity index (χ4v) is 1.38. The monoisotopic (exact) mass is 262 g/mol. The summed E-state index contributed by atoms with van der Waals surface area (Å²) >= 11 is 9.01. The predicted molar refractivity (Wildman–Crippen MR) is 55.4 cm³/mol. The number of halogens is 2. The molecule has 0 N–H and O–H groups in total. The zero-order valence-electron chi connectivity index (χ0n) is 7.01. The number of ketones is 1. The van der Waals surface area contributed by atoms with Crippen LogP contribution in [0.4, 0.5) is 0 Å². The van der Waals surface area contributed by atoms with Gasteiger partial charge in [-0.3, -0.25) is 4.79 Å². The second kappa shape index (κ2) is 4.74. The van der Waals surface area contributed by atoms with Gasteiger partial charge in [0.1, 0.15) is 6.61 Å². The van der Waals surface area contributed by atoms with E-state index in [4.69, 9.17) is 16.3 Å². The van der Waals surface area contributed by atoms with E-state index < -0.39 is 0 Å². The summed E-state index contributed by atoms with van der Waals surface area (Å²) in [4.78, 5) is 11.3. The fourth-order valence-electron chi connectivity index (χ4n) is 0.884. The Labute approximate surface area is 90.0 Å². The van der Waals surface area contributed by atoms with Crippen LogP contribution in [0.5, 0.6) is 0 Å². The number of carbonyl (C=O) groups is 1. The maximum atomic E-state index is 11.3. The van der Waals surface area contributed by atoms with Gasteiger partial charge < -0.3 is 4.74 Å². The molecule has 1 rings (SSSR count). The van der Waals surface area contributed by atoms with Crippen molar-refractivity contribution in [2.24, 2.45) is 0 Å². The third-order valence-corrected chi connectivity index (χ3v) is 2.73. The van der Waals surface area contributed by atoms with Crippen LogP contribution in [0.15, 0.2) is 22.7 Å². The summed E-state index contributed by atoms with van der Waals surface area (Å²) in [6, 6.07) is 5.03. The van der Waals surface area contributed by atoms with Crippen molar-refractivity contribution in [3.63, 3.8) is 0 Å². The fraction of sp³-hybridized carbons (Fsp3) is 0.222. The van der Waals surface area contributed by atoms with E-state index in [0.29, 0.717) is 10.6 Å². The van der Waals surface area contributed by atoms with E-state index in [1.54, 1.807) is 18.2 Å². The van der Waals surface area contributed by atoms with Gasteiger partial charge in [0, 0.05) is 17.1 Å². The van der Waals surface area contributed by atoms with Gasteiger partial charge in [0.05, 0.1) is 5.02 Å². The Morgan fingerprint density at radius 3 is 2.85 bits per heavy atom. The van der Waals surface area contributed by atoms with Crippen LogP contribution in [0.2, 0.25) is 5.02 Å². The first-order chi connectivity index (χ1) is 6.15. The van der Waals surface area contributed by atoms with E-state index in [9.17, 15) is 4.79 Å². The minimum absolute atomic E-state index is 0.0557. The third kappa shape index (κ3) is 2.79. The van der Waals surface area contributed by atoms with Gasteiger partial charge in [0.15, 0.2) is 5.78 Å². The van der Waals surface area contributed by atoms with Crippen LogP contribution in [0.3, 0.4) is 0 Å². The molecule has 0 unspecified atom stereocenters. The Balaban J connectivity index is 2.90. The Morgan fingerprint density at radius 2 is 2.31 bits per heavy atom. The lowest BCUT2D eigenvalue weighted by atomic mass is 10.1. The van der Waals surface area contributed by atoms with Crippen LogP contribution in [0.25, 0.3) is 0 Å². The molecule has 4 heteroatoms. The summed E-state index contributed by atoms with van der Waals surface area (Å²) in [6.45, 7) is 0.0913. The summed E-state index contributed by atoms with van der Waals surface area (Å²) in [6.07, 6.45) is 0. The van der Waals surface area contributed by atoms with Crippen molar-refractivity contribution < 1.29 is 9.53 Å². The van der Waals surface area contributed by atoms with Crippen molar-refractivity contribution in [3.05, 3.63) is 33.3 Å². The topological polar surface area (TPSA) is 26.3 Å². The molecule has 70 valence electrons.